The van der Waals surface area contributed by atoms with Gasteiger partial charge in [-0.15, -0.1) is 0 Å². The molecule has 1 atom stereocenters. The SMILES string of the molecule is COc1ccc(-c2noc(CNC(=O)C(C)Oc3cccc(C)c3)n2)c(OC)c1. The van der Waals surface area contributed by atoms with Gasteiger partial charge >= 0.3 is 0 Å². The third kappa shape index (κ3) is 5.04. The zero-order valence-electron chi connectivity index (χ0n) is 16.8. The number of rotatable bonds is 8. The second-order valence-electron chi connectivity index (χ2n) is 6.37. The van der Waals surface area contributed by atoms with Crippen molar-refractivity contribution < 1.29 is 23.5 Å². The number of carbonyl (C=O) groups excluding carboxylic acids is 1. The van der Waals surface area contributed by atoms with Crippen LogP contribution in [-0.4, -0.2) is 36.4 Å². The van der Waals surface area contributed by atoms with Gasteiger partial charge in [-0.25, -0.2) is 0 Å². The van der Waals surface area contributed by atoms with Crippen LogP contribution in [0.1, 0.15) is 18.4 Å². The van der Waals surface area contributed by atoms with Crippen LogP contribution in [0.2, 0.25) is 0 Å². The van der Waals surface area contributed by atoms with Gasteiger partial charge in [0.05, 0.1) is 26.3 Å². The van der Waals surface area contributed by atoms with E-state index in [1.54, 1.807) is 39.3 Å². The first-order chi connectivity index (χ1) is 14.0. The van der Waals surface area contributed by atoms with Crippen molar-refractivity contribution in [3.8, 4) is 28.6 Å². The number of methoxy groups -OCH3 is 2. The molecule has 8 nitrogen and oxygen atoms in total. The maximum atomic E-state index is 12.3. The molecule has 1 unspecified atom stereocenters. The molecule has 2 aromatic carbocycles. The first-order valence-electron chi connectivity index (χ1n) is 9.06. The first-order valence-corrected chi connectivity index (χ1v) is 9.06. The van der Waals surface area contributed by atoms with Crippen molar-refractivity contribution in [2.75, 3.05) is 14.2 Å². The molecule has 3 aromatic rings. The molecule has 0 saturated carbocycles. The number of hydrogen-bond acceptors (Lipinski definition) is 7. The Morgan fingerprint density at radius 2 is 1.97 bits per heavy atom. The fourth-order valence-corrected chi connectivity index (χ4v) is 2.67. The molecule has 0 fully saturated rings. The number of ether oxygens (including phenoxy) is 3. The van der Waals surface area contributed by atoms with Crippen molar-refractivity contribution in [3.05, 3.63) is 53.9 Å². The van der Waals surface area contributed by atoms with Gasteiger partial charge in [0.1, 0.15) is 17.2 Å². The number of carbonyl (C=O) groups is 1. The van der Waals surface area contributed by atoms with Crippen LogP contribution < -0.4 is 19.5 Å². The lowest BCUT2D eigenvalue weighted by Gasteiger charge is -2.14. The van der Waals surface area contributed by atoms with Gasteiger partial charge in [0, 0.05) is 6.07 Å². The average molecular weight is 397 g/mol. The van der Waals surface area contributed by atoms with E-state index in [4.69, 9.17) is 18.7 Å². The molecule has 1 N–H and O–H groups in total. The van der Waals surface area contributed by atoms with E-state index in [0.717, 1.165) is 5.56 Å². The quantitative estimate of drug-likeness (QED) is 0.624. The maximum Gasteiger partial charge on any atom is 0.261 e. The third-order valence-corrected chi connectivity index (χ3v) is 4.20. The minimum atomic E-state index is -0.666. The van der Waals surface area contributed by atoms with Crippen LogP contribution in [0.4, 0.5) is 0 Å². The molecule has 0 aliphatic carbocycles. The van der Waals surface area contributed by atoms with Crippen molar-refractivity contribution in [1.29, 1.82) is 0 Å². The Balaban J connectivity index is 1.61. The Morgan fingerprint density at radius 3 is 2.69 bits per heavy atom. The van der Waals surface area contributed by atoms with Gasteiger partial charge in [-0.3, -0.25) is 4.79 Å². The van der Waals surface area contributed by atoms with Crippen LogP contribution in [0.15, 0.2) is 47.0 Å². The molecule has 29 heavy (non-hydrogen) atoms. The molecule has 3 rings (SSSR count). The molecule has 0 saturated heterocycles. The second kappa shape index (κ2) is 9.09. The van der Waals surface area contributed by atoms with E-state index in [1.165, 1.54) is 0 Å². The average Bonchev–Trinajstić information content (AvgIpc) is 3.20. The number of benzene rings is 2. The summed E-state index contributed by atoms with van der Waals surface area (Å²) in [6, 6.07) is 12.8. The molecule has 8 heteroatoms. The summed E-state index contributed by atoms with van der Waals surface area (Å²) in [5.41, 5.74) is 1.72. The summed E-state index contributed by atoms with van der Waals surface area (Å²) < 4.78 is 21.4. The van der Waals surface area contributed by atoms with Gasteiger partial charge < -0.3 is 24.1 Å². The van der Waals surface area contributed by atoms with E-state index in [0.29, 0.717) is 28.6 Å². The van der Waals surface area contributed by atoms with Crippen LogP contribution in [0.3, 0.4) is 0 Å². The Labute approximate surface area is 168 Å². The molecule has 0 aliphatic rings. The first kappa shape index (κ1) is 20.2. The van der Waals surface area contributed by atoms with Crippen molar-refractivity contribution in [1.82, 2.24) is 15.5 Å². The van der Waals surface area contributed by atoms with Crippen LogP contribution in [0.5, 0.6) is 17.2 Å². The molecule has 1 aromatic heterocycles. The monoisotopic (exact) mass is 397 g/mol. The van der Waals surface area contributed by atoms with E-state index in [9.17, 15) is 4.79 Å². The van der Waals surface area contributed by atoms with Crippen molar-refractivity contribution >= 4 is 5.91 Å². The topological polar surface area (TPSA) is 95.7 Å². The van der Waals surface area contributed by atoms with Gasteiger partial charge in [0.25, 0.3) is 5.91 Å². The van der Waals surface area contributed by atoms with Crippen molar-refractivity contribution in [2.24, 2.45) is 0 Å². The van der Waals surface area contributed by atoms with E-state index < -0.39 is 6.10 Å². The molecule has 0 aliphatic heterocycles. The molecule has 1 amide bonds. The predicted molar refractivity (Wildman–Crippen MR) is 106 cm³/mol. The number of aryl methyl sites for hydroxylation is 1. The highest BCUT2D eigenvalue weighted by Gasteiger charge is 2.18. The lowest BCUT2D eigenvalue weighted by molar-refractivity contribution is -0.127. The van der Waals surface area contributed by atoms with E-state index in [-0.39, 0.29) is 18.3 Å². The minimum absolute atomic E-state index is 0.0891. The fraction of sp³-hybridized carbons (Fsp3) is 0.286. The summed E-state index contributed by atoms with van der Waals surface area (Å²) in [6.07, 6.45) is -0.666. The summed E-state index contributed by atoms with van der Waals surface area (Å²) in [4.78, 5) is 16.6. The summed E-state index contributed by atoms with van der Waals surface area (Å²) in [7, 11) is 3.13. The second-order valence-corrected chi connectivity index (χ2v) is 6.37. The zero-order chi connectivity index (χ0) is 20.8. The van der Waals surface area contributed by atoms with E-state index in [2.05, 4.69) is 15.5 Å². The fourth-order valence-electron chi connectivity index (χ4n) is 2.67. The lowest BCUT2D eigenvalue weighted by atomic mass is 10.2. The highest BCUT2D eigenvalue weighted by atomic mass is 16.5. The molecule has 0 spiro atoms. The zero-order valence-corrected chi connectivity index (χ0v) is 16.8. The van der Waals surface area contributed by atoms with Crippen molar-refractivity contribution in [3.63, 3.8) is 0 Å². The number of nitrogens with zero attached hydrogens (tertiary/aromatic N) is 2. The number of amides is 1. The van der Waals surface area contributed by atoms with Gasteiger partial charge in [-0.05, 0) is 43.7 Å². The van der Waals surface area contributed by atoms with Crippen molar-refractivity contribution in [2.45, 2.75) is 26.5 Å². The van der Waals surface area contributed by atoms with Crippen LogP contribution >= 0.6 is 0 Å². The summed E-state index contributed by atoms with van der Waals surface area (Å²) in [5, 5.41) is 6.70. The molecule has 1 heterocycles. The number of aromatic nitrogens is 2. The molecule has 152 valence electrons. The maximum absolute atomic E-state index is 12.3. The van der Waals surface area contributed by atoms with Crippen LogP contribution in [0, 0.1) is 6.92 Å². The lowest BCUT2D eigenvalue weighted by Crippen LogP contribution is -2.36. The predicted octanol–water partition coefficient (Wildman–Crippen LogP) is 3.15. The highest BCUT2D eigenvalue weighted by molar-refractivity contribution is 5.80. The Kier molecular flexibility index (Phi) is 6.33. The summed E-state index contributed by atoms with van der Waals surface area (Å²) in [6.45, 7) is 3.73. The standard InChI is InChI=1S/C21H23N3O5/c1-13-6-5-7-16(10-13)28-14(2)21(25)22-12-19-23-20(24-29-19)17-9-8-15(26-3)11-18(17)27-4/h5-11,14H,12H2,1-4H3,(H,22,25). The Morgan fingerprint density at radius 1 is 1.14 bits per heavy atom. The van der Waals surface area contributed by atoms with E-state index >= 15 is 0 Å². The Hall–Kier alpha value is -3.55. The minimum Gasteiger partial charge on any atom is -0.497 e. The number of nitrogens with one attached hydrogen (secondary N) is 1. The normalized spacial score (nSPS) is 11.6. The molecule has 0 bridgehead atoms. The molecule has 0 radical (unpaired) electrons. The highest BCUT2D eigenvalue weighted by Crippen LogP contribution is 2.31. The molecular weight excluding hydrogens is 374 g/mol. The van der Waals surface area contributed by atoms with Crippen LogP contribution in [0.25, 0.3) is 11.4 Å². The Bertz CT molecular complexity index is 986. The summed E-state index contributed by atoms with van der Waals surface area (Å²) in [5.74, 6) is 2.20. The molecular formula is C21H23N3O5. The third-order valence-electron chi connectivity index (χ3n) is 4.20. The largest absolute Gasteiger partial charge is 0.497 e. The van der Waals surface area contributed by atoms with Gasteiger partial charge in [0.15, 0.2) is 6.10 Å². The number of hydrogen-bond donors (Lipinski definition) is 1. The van der Waals surface area contributed by atoms with Gasteiger partial charge in [0.2, 0.25) is 11.7 Å². The van der Waals surface area contributed by atoms with Gasteiger partial charge in [-0.2, -0.15) is 4.98 Å². The smallest absolute Gasteiger partial charge is 0.261 e. The van der Waals surface area contributed by atoms with Crippen LogP contribution in [-0.2, 0) is 11.3 Å². The van der Waals surface area contributed by atoms with Gasteiger partial charge in [-0.1, -0.05) is 17.3 Å². The van der Waals surface area contributed by atoms with E-state index in [1.807, 2.05) is 31.2 Å². The summed E-state index contributed by atoms with van der Waals surface area (Å²) >= 11 is 0.